The van der Waals surface area contributed by atoms with Crippen LogP contribution in [-0.2, 0) is 0 Å². The van der Waals surface area contributed by atoms with Crippen molar-refractivity contribution in [1.82, 2.24) is 20.6 Å². The summed E-state index contributed by atoms with van der Waals surface area (Å²) in [6.07, 6.45) is 2.05. The number of urea groups is 1. The maximum atomic E-state index is 15.3. The van der Waals surface area contributed by atoms with Gasteiger partial charge in [0.2, 0.25) is 11.7 Å². The zero-order valence-corrected chi connectivity index (χ0v) is 22.2. The average molecular weight is 577 g/mol. The highest BCUT2D eigenvalue weighted by Gasteiger charge is 2.25. The highest BCUT2D eigenvalue weighted by Crippen LogP contribution is 2.37. The third-order valence-electron chi connectivity index (χ3n) is 5.57. The van der Waals surface area contributed by atoms with E-state index in [1.54, 1.807) is 13.8 Å². The number of amides is 3. The largest absolute Gasteiger partial charge is 0.619 e. The molecule has 0 atom stereocenters. The van der Waals surface area contributed by atoms with Crippen LogP contribution in [0.2, 0.25) is 10.0 Å². The molecule has 0 unspecified atom stereocenters. The Morgan fingerprint density at radius 3 is 2.46 bits per heavy atom. The highest BCUT2D eigenvalue weighted by molar-refractivity contribution is 6.31. The van der Waals surface area contributed by atoms with E-state index in [1.165, 1.54) is 31.3 Å². The van der Waals surface area contributed by atoms with Gasteiger partial charge in [0, 0.05) is 25.5 Å². The second kappa shape index (κ2) is 11.2. The Hall–Kier alpha value is -4.29. The number of benzene rings is 2. The minimum absolute atomic E-state index is 0.0157. The van der Waals surface area contributed by atoms with E-state index in [1.807, 2.05) is 0 Å². The monoisotopic (exact) mass is 576 g/mol. The molecular weight excluding hydrogens is 557 g/mol. The van der Waals surface area contributed by atoms with Crippen molar-refractivity contribution in [3.8, 4) is 22.5 Å². The van der Waals surface area contributed by atoms with Crippen molar-refractivity contribution in [2.45, 2.75) is 13.8 Å². The van der Waals surface area contributed by atoms with Crippen LogP contribution in [0.4, 0.5) is 19.3 Å². The van der Waals surface area contributed by atoms with Gasteiger partial charge in [0.15, 0.2) is 12.4 Å². The van der Waals surface area contributed by atoms with E-state index in [-0.39, 0.29) is 56.2 Å². The van der Waals surface area contributed by atoms with E-state index in [0.29, 0.717) is 4.73 Å². The van der Waals surface area contributed by atoms with Crippen molar-refractivity contribution in [3.05, 3.63) is 87.1 Å². The Bertz CT molecular complexity index is 1560. The van der Waals surface area contributed by atoms with Crippen LogP contribution in [0.1, 0.15) is 23.2 Å². The Balaban J connectivity index is 1.61. The molecule has 14 heteroatoms. The second-order valence-electron chi connectivity index (χ2n) is 8.24. The topological polar surface area (TPSA) is 119 Å². The smallest absolute Gasteiger partial charge is 0.343 e. The van der Waals surface area contributed by atoms with Gasteiger partial charge in [-0.2, -0.15) is 9.71 Å². The third kappa shape index (κ3) is 5.91. The Kier molecular flexibility index (Phi) is 7.98. The molecule has 2 heterocycles. The van der Waals surface area contributed by atoms with Crippen molar-refractivity contribution in [2.75, 3.05) is 18.5 Å². The number of aromatic nitrogens is 3. The van der Waals surface area contributed by atoms with Crippen LogP contribution in [0, 0.1) is 23.8 Å². The number of halogens is 4. The van der Waals surface area contributed by atoms with Gasteiger partial charge < -0.3 is 9.73 Å². The molecule has 39 heavy (non-hydrogen) atoms. The minimum atomic E-state index is -0.816. The summed E-state index contributed by atoms with van der Waals surface area (Å²) in [5.74, 6) is -2.14. The molecule has 0 bridgehead atoms. The van der Waals surface area contributed by atoms with Crippen molar-refractivity contribution in [2.24, 2.45) is 0 Å². The lowest BCUT2D eigenvalue weighted by molar-refractivity contribution is -0.605. The van der Waals surface area contributed by atoms with E-state index in [9.17, 15) is 19.2 Å². The lowest BCUT2D eigenvalue weighted by atomic mass is 9.98. The van der Waals surface area contributed by atoms with Crippen LogP contribution in [0.25, 0.3) is 22.5 Å². The molecule has 0 saturated heterocycles. The molecule has 0 spiro atoms. The molecule has 2 aromatic carbocycles. The number of hydrogen-bond acceptors (Lipinski definition) is 6. The van der Waals surface area contributed by atoms with Gasteiger partial charge in [0.05, 0.1) is 11.3 Å². The summed E-state index contributed by atoms with van der Waals surface area (Å²) >= 11 is 11.9. The maximum absolute atomic E-state index is 15.3. The van der Waals surface area contributed by atoms with Crippen molar-refractivity contribution >= 4 is 40.8 Å². The fourth-order valence-electron chi connectivity index (χ4n) is 3.75. The fourth-order valence-corrected chi connectivity index (χ4v) is 4.17. The van der Waals surface area contributed by atoms with Crippen LogP contribution in [0.15, 0.2) is 53.3 Å². The fraction of sp³-hybridized carbons (Fsp3) is 0.160. The number of aryl methyl sites for hydroxylation is 1. The summed E-state index contributed by atoms with van der Waals surface area (Å²) in [5, 5.41) is 16.4. The molecule has 0 radical (unpaired) electrons. The quantitative estimate of drug-likeness (QED) is 0.199. The van der Waals surface area contributed by atoms with Gasteiger partial charge in [-0.25, -0.2) is 18.6 Å². The maximum Gasteiger partial charge on any atom is 0.343 e. The molecule has 2 aromatic heterocycles. The summed E-state index contributed by atoms with van der Waals surface area (Å²) in [5.41, 5.74) is 2.58. The van der Waals surface area contributed by atoms with E-state index < -0.39 is 23.6 Å². The van der Waals surface area contributed by atoms with Crippen molar-refractivity contribution < 1.29 is 27.6 Å². The van der Waals surface area contributed by atoms with Crippen molar-refractivity contribution in [1.29, 1.82) is 0 Å². The SMILES string of the molecule is CCN(NC(=O)c1cc(Cl)c[n+]([O-])c1)C(=O)N(C)c1ccc(-c2cc(Cl)cc(F)c2-c2noc(C)n2)cc1F. The number of rotatable bonds is 5. The highest BCUT2D eigenvalue weighted by atomic mass is 35.5. The Morgan fingerprint density at radius 2 is 1.85 bits per heavy atom. The number of nitrogens with zero attached hydrogens (tertiary/aromatic N) is 5. The molecule has 3 amide bonds. The number of pyridine rings is 1. The third-order valence-corrected chi connectivity index (χ3v) is 5.99. The standard InChI is InChI=1S/C25H20Cl2F2N6O4/c1-4-35(31-24(36)15-7-17(27)12-34(38)11-15)25(37)33(3)21-6-5-14(8-19(21)28)18-9-16(26)10-20(29)22(18)23-30-13(2)39-32-23/h5-12H,4H2,1-3H3,(H,31,36). The zero-order chi connectivity index (χ0) is 28.4. The molecule has 1 N–H and O–H groups in total. The van der Waals surface area contributed by atoms with Crippen LogP contribution in [-0.4, -0.2) is 40.7 Å². The predicted octanol–water partition coefficient (Wildman–Crippen LogP) is 5.15. The minimum Gasteiger partial charge on any atom is -0.619 e. The molecule has 4 rings (SSSR count). The lowest BCUT2D eigenvalue weighted by Gasteiger charge is -2.27. The summed E-state index contributed by atoms with van der Waals surface area (Å²) in [6.45, 7) is 3.15. The second-order valence-corrected chi connectivity index (χ2v) is 9.12. The van der Waals surface area contributed by atoms with E-state index in [0.717, 1.165) is 34.4 Å². The first-order valence-corrected chi connectivity index (χ1v) is 12.1. The predicted molar refractivity (Wildman–Crippen MR) is 139 cm³/mol. The molecule has 0 aliphatic heterocycles. The number of carbonyl (C=O) groups is 2. The van der Waals surface area contributed by atoms with Gasteiger partial charge in [-0.1, -0.05) is 34.4 Å². The van der Waals surface area contributed by atoms with E-state index in [2.05, 4.69) is 15.6 Å². The van der Waals surface area contributed by atoms with E-state index >= 15 is 4.39 Å². The molecule has 0 saturated carbocycles. The molecule has 0 aliphatic carbocycles. The number of carbonyl (C=O) groups excluding carboxylic acids is 2. The zero-order valence-electron chi connectivity index (χ0n) is 20.7. The summed E-state index contributed by atoms with van der Waals surface area (Å²) in [4.78, 5) is 30.7. The van der Waals surface area contributed by atoms with Gasteiger partial charge >= 0.3 is 6.03 Å². The van der Waals surface area contributed by atoms with Crippen molar-refractivity contribution in [3.63, 3.8) is 0 Å². The number of hydrogen-bond donors (Lipinski definition) is 1. The molecule has 10 nitrogen and oxygen atoms in total. The summed E-state index contributed by atoms with van der Waals surface area (Å²) in [7, 11) is 1.31. The first-order valence-electron chi connectivity index (χ1n) is 11.3. The van der Waals surface area contributed by atoms with Gasteiger partial charge in [0.1, 0.15) is 22.2 Å². The van der Waals surface area contributed by atoms with Crippen LogP contribution in [0.3, 0.4) is 0 Å². The average Bonchev–Trinajstić information content (AvgIpc) is 3.30. The molecule has 202 valence electrons. The van der Waals surface area contributed by atoms with Gasteiger partial charge in [0.25, 0.3) is 5.91 Å². The first-order chi connectivity index (χ1) is 18.5. The summed E-state index contributed by atoms with van der Waals surface area (Å²) in [6, 6.07) is 6.90. The first kappa shape index (κ1) is 27.7. The van der Waals surface area contributed by atoms with E-state index in [4.69, 9.17) is 27.7 Å². The molecule has 0 aliphatic rings. The van der Waals surface area contributed by atoms with Gasteiger partial charge in [-0.3, -0.25) is 15.1 Å². The summed E-state index contributed by atoms with van der Waals surface area (Å²) < 4.78 is 35.5. The Morgan fingerprint density at radius 1 is 1.10 bits per heavy atom. The molecule has 0 fully saturated rings. The number of nitrogens with one attached hydrogen (secondary N) is 1. The van der Waals surface area contributed by atoms with Crippen LogP contribution >= 0.6 is 23.2 Å². The Labute approximate surface area is 230 Å². The van der Waals surface area contributed by atoms with Gasteiger partial charge in [-0.15, -0.1) is 0 Å². The number of hydrazine groups is 1. The lowest BCUT2D eigenvalue weighted by Crippen LogP contribution is -2.51. The molecular formula is C25H20Cl2F2N6O4. The normalized spacial score (nSPS) is 10.8. The number of anilines is 1. The van der Waals surface area contributed by atoms with Crippen LogP contribution < -0.4 is 15.1 Å². The van der Waals surface area contributed by atoms with Gasteiger partial charge in [-0.05, 0) is 48.4 Å². The molecule has 4 aromatic rings. The van der Waals surface area contributed by atoms with Crippen LogP contribution in [0.5, 0.6) is 0 Å².